The van der Waals surface area contributed by atoms with Gasteiger partial charge in [0.1, 0.15) is 11.6 Å². The molecule has 1 heterocycles. The van der Waals surface area contributed by atoms with E-state index in [1.165, 1.54) is 18.2 Å². The summed E-state index contributed by atoms with van der Waals surface area (Å²) in [6.45, 7) is 1.62. The lowest BCUT2D eigenvalue weighted by Gasteiger charge is -2.18. The number of ether oxygens (including phenoxy) is 1. The number of imide groups is 2. The minimum atomic E-state index is -1.05. The maximum Gasteiger partial charge on any atom is 0.339 e. The molecule has 134 valence electrons. The van der Waals surface area contributed by atoms with Crippen LogP contribution in [0.2, 0.25) is 5.02 Å². The third-order valence-electron chi connectivity index (χ3n) is 3.84. The first-order valence-corrected chi connectivity index (χ1v) is 8.18. The van der Waals surface area contributed by atoms with Crippen molar-refractivity contribution in [2.24, 2.45) is 0 Å². The lowest BCUT2D eigenvalue weighted by Crippen LogP contribution is -2.33. The number of halogens is 2. The van der Waals surface area contributed by atoms with Crippen molar-refractivity contribution >= 4 is 35.1 Å². The number of anilines is 1. The van der Waals surface area contributed by atoms with E-state index in [-0.39, 0.29) is 22.0 Å². The first-order valence-electron chi connectivity index (χ1n) is 7.80. The SMILES string of the molecule is CCOc1ccccc1N1C(=O)C(=O)N(Cc2c(F)cccc2Cl)C1=O. The first kappa shape index (κ1) is 17.9. The predicted molar refractivity (Wildman–Crippen MR) is 92.5 cm³/mol. The molecule has 4 amide bonds. The fourth-order valence-electron chi connectivity index (χ4n) is 2.62. The van der Waals surface area contributed by atoms with Crippen molar-refractivity contribution in [3.05, 3.63) is 58.9 Å². The van der Waals surface area contributed by atoms with Crippen LogP contribution in [0.1, 0.15) is 12.5 Å². The molecule has 1 saturated heterocycles. The van der Waals surface area contributed by atoms with Crippen LogP contribution in [0.3, 0.4) is 0 Å². The van der Waals surface area contributed by atoms with Gasteiger partial charge in [0.05, 0.1) is 18.8 Å². The van der Waals surface area contributed by atoms with Crippen LogP contribution in [0.5, 0.6) is 5.75 Å². The van der Waals surface area contributed by atoms with Gasteiger partial charge >= 0.3 is 17.8 Å². The third kappa shape index (κ3) is 3.01. The van der Waals surface area contributed by atoms with E-state index in [1.54, 1.807) is 25.1 Å². The van der Waals surface area contributed by atoms with Crippen molar-refractivity contribution < 1.29 is 23.5 Å². The molecule has 0 aromatic heterocycles. The number of benzene rings is 2. The monoisotopic (exact) mass is 376 g/mol. The summed E-state index contributed by atoms with van der Waals surface area (Å²) in [4.78, 5) is 38.8. The van der Waals surface area contributed by atoms with Gasteiger partial charge in [0.2, 0.25) is 0 Å². The van der Waals surface area contributed by atoms with Crippen LogP contribution in [0.15, 0.2) is 42.5 Å². The molecule has 0 spiro atoms. The van der Waals surface area contributed by atoms with Crippen LogP contribution in [-0.2, 0) is 16.1 Å². The molecule has 1 aliphatic rings. The number of nitrogens with zero attached hydrogens (tertiary/aromatic N) is 2. The Morgan fingerprint density at radius 3 is 2.46 bits per heavy atom. The van der Waals surface area contributed by atoms with Gasteiger partial charge < -0.3 is 4.74 Å². The van der Waals surface area contributed by atoms with Gasteiger partial charge in [0.25, 0.3) is 0 Å². The second kappa shape index (κ2) is 7.13. The largest absolute Gasteiger partial charge is 0.492 e. The molecule has 2 aromatic rings. The molecule has 0 unspecified atom stereocenters. The second-order valence-electron chi connectivity index (χ2n) is 5.42. The summed E-state index contributed by atoms with van der Waals surface area (Å²) >= 11 is 5.95. The van der Waals surface area contributed by atoms with Crippen LogP contribution in [0.25, 0.3) is 0 Å². The molecule has 1 fully saturated rings. The molecular weight excluding hydrogens is 363 g/mol. The third-order valence-corrected chi connectivity index (χ3v) is 4.19. The number of hydrogen-bond donors (Lipinski definition) is 0. The van der Waals surface area contributed by atoms with Crippen molar-refractivity contribution in [2.45, 2.75) is 13.5 Å². The molecule has 26 heavy (non-hydrogen) atoms. The standard InChI is InChI=1S/C18H14ClFN2O4/c1-2-26-15-9-4-3-8-14(15)22-17(24)16(23)21(18(22)25)10-11-12(19)6-5-7-13(11)20/h3-9H,2,10H2,1H3. The summed E-state index contributed by atoms with van der Waals surface area (Å²) in [6.07, 6.45) is 0. The molecule has 1 aliphatic heterocycles. The van der Waals surface area contributed by atoms with Gasteiger partial charge in [-0.2, -0.15) is 0 Å². The average molecular weight is 377 g/mol. The number of urea groups is 1. The maximum atomic E-state index is 14.0. The molecule has 0 atom stereocenters. The minimum absolute atomic E-state index is 0.0383. The second-order valence-corrected chi connectivity index (χ2v) is 5.82. The number of amides is 4. The molecule has 0 bridgehead atoms. The summed E-state index contributed by atoms with van der Waals surface area (Å²) < 4.78 is 19.4. The van der Waals surface area contributed by atoms with E-state index in [2.05, 4.69) is 0 Å². The molecule has 8 heteroatoms. The van der Waals surface area contributed by atoms with Crippen molar-refractivity contribution in [1.29, 1.82) is 0 Å². The van der Waals surface area contributed by atoms with Gasteiger partial charge in [-0.3, -0.25) is 14.5 Å². The van der Waals surface area contributed by atoms with Gasteiger partial charge in [-0.1, -0.05) is 29.8 Å². The number of carbonyl (C=O) groups excluding carboxylic acids is 3. The lowest BCUT2D eigenvalue weighted by atomic mass is 10.2. The Bertz CT molecular complexity index is 882. The Morgan fingerprint density at radius 2 is 1.77 bits per heavy atom. The molecule has 3 rings (SSSR count). The van der Waals surface area contributed by atoms with Crippen LogP contribution in [0, 0.1) is 5.82 Å². The smallest absolute Gasteiger partial charge is 0.339 e. The molecule has 0 saturated carbocycles. The molecule has 6 nitrogen and oxygen atoms in total. The van der Waals surface area contributed by atoms with Gasteiger partial charge in [-0.15, -0.1) is 0 Å². The summed E-state index contributed by atoms with van der Waals surface area (Å²) in [7, 11) is 0. The molecule has 0 N–H and O–H groups in total. The highest BCUT2D eigenvalue weighted by molar-refractivity contribution is 6.53. The Hall–Kier alpha value is -2.93. The number of carbonyl (C=O) groups is 3. The predicted octanol–water partition coefficient (Wildman–Crippen LogP) is 3.37. The molecule has 2 aromatic carbocycles. The first-order chi connectivity index (χ1) is 12.5. The Kier molecular flexibility index (Phi) is 4.90. The highest BCUT2D eigenvalue weighted by Gasteiger charge is 2.46. The van der Waals surface area contributed by atoms with Crippen molar-refractivity contribution in [3.8, 4) is 5.75 Å². The van der Waals surface area contributed by atoms with E-state index in [4.69, 9.17) is 16.3 Å². The number of hydrogen-bond acceptors (Lipinski definition) is 4. The zero-order chi connectivity index (χ0) is 18.8. The highest BCUT2D eigenvalue weighted by atomic mass is 35.5. The fraction of sp³-hybridized carbons (Fsp3) is 0.167. The Labute approximate surface area is 153 Å². The summed E-state index contributed by atoms with van der Waals surface area (Å²) in [5.41, 5.74) is 0.114. The Balaban J connectivity index is 1.96. The quantitative estimate of drug-likeness (QED) is 0.592. The van der Waals surface area contributed by atoms with E-state index in [9.17, 15) is 18.8 Å². The topological polar surface area (TPSA) is 66.9 Å². The van der Waals surface area contributed by atoms with Gasteiger partial charge in [-0.05, 0) is 31.2 Å². The van der Waals surface area contributed by atoms with E-state index in [0.29, 0.717) is 11.5 Å². The lowest BCUT2D eigenvalue weighted by molar-refractivity contribution is -0.139. The fourth-order valence-corrected chi connectivity index (χ4v) is 2.84. The van der Waals surface area contributed by atoms with Crippen molar-refractivity contribution in [3.63, 3.8) is 0 Å². The van der Waals surface area contributed by atoms with Crippen LogP contribution < -0.4 is 9.64 Å². The maximum absolute atomic E-state index is 14.0. The average Bonchev–Trinajstić information content (AvgIpc) is 2.82. The van der Waals surface area contributed by atoms with Crippen LogP contribution >= 0.6 is 11.6 Å². The van der Waals surface area contributed by atoms with Gasteiger partial charge in [0, 0.05) is 10.6 Å². The number of para-hydroxylation sites is 2. The summed E-state index contributed by atoms with van der Waals surface area (Å²) in [5, 5.41) is 0.0613. The van der Waals surface area contributed by atoms with E-state index in [0.717, 1.165) is 11.0 Å². The van der Waals surface area contributed by atoms with E-state index in [1.807, 2.05) is 0 Å². The zero-order valence-corrected chi connectivity index (χ0v) is 14.5. The molecule has 0 aliphatic carbocycles. The van der Waals surface area contributed by atoms with E-state index >= 15 is 0 Å². The van der Waals surface area contributed by atoms with E-state index < -0.39 is 30.2 Å². The van der Waals surface area contributed by atoms with Crippen LogP contribution in [0.4, 0.5) is 14.9 Å². The molecular formula is C18H14ClFN2O4. The zero-order valence-electron chi connectivity index (χ0n) is 13.7. The van der Waals surface area contributed by atoms with Crippen LogP contribution in [-0.4, -0.2) is 29.4 Å². The van der Waals surface area contributed by atoms with Crippen molar-refractivity contribution in [2.75, 3.05) is 11.5 Å². The van der Waals surface area contributed by atoms with Gasteiger partial charge in [0.15, 0.2) is 0 Å². The normalized spacial score (nSPS) is 14.3. The van der Waals surface area contributed by atoms with Gasteiger partial charge in [-0.25, -0.2) is 14.1 Å². The van der Waals surface area contributed by atoms with Crippen molar-refractivity contribution in [1.82, 2.24) is 4.90 Å². The summed E-state index contributed by atoms with van der Waals surface area (Å²) in [6, 6.07) is 9.49. The summed E-state index contributed by atoms with van der Waals surface area (Å²) in [5.74, 6) is -2.47. The minimum Gasteiger partial charge on any atom is -0.492 e. The Morgan fingerprint density at radius 1 is 1.04 bits per heavy atom. The number of rotatable bonds is 5. The molecule has 0 radical (unpaired) electrons. The highest BCUT2D eigenvalue weighted by Crippen LogP contribution is 2.33.